The first kappa shape index (κ1) is 17.6. The summed E-state index contributed by atoms with van der Waals surface area (Å²) in [4.78, 5) is 29.1. The Labute approximate surface area is 147 Å². The molecule has 7 heteroatoms. The summed E-state index contributed by atoms with van der Waals surface area (Å²) in [6.07, 6.45) is 1.52. The monoisotopic (exact) mass is 344 g/mol. The zero-order valence-corrected chi connectivity index (χ0v) is 14.2. The number of rotatable bonds is 6. The van der Waals surface area contributed by atoms with Crippen molar-refractivity contribution in [1.29, 1.82) is 0 Å². The lowest BCUT2D eigenvalue weighted by Crippen LogP contribution is -2.48. The third-order valence-corrected chi connectivity index (χ3v) is 4.61. The fourth-order valence-corrected chi connectivity index (χ4v) is 3.13. The van der Waals surface area contributed by atoms with Crippen LogP contribution in [0.4, 0.5) is 5.69 Å². The lowest BCUT2D eigenvalue weighted by Gasteiger charge is -2.34. The van der Waals surface area contributed by atoms with Gasteiger partial charge in [-0.15, -0.1) is 0 Å². The van der Waals surface area contributed by atoms with Crippen LogP contribution < -0.4 is 10.6 Å². The maximum atomic E-state index is 12.4. The van der Waals surface area contributed by atoms with Gasteiger partial charge < -0.3 is 15.7 Å². The minimum Gasteiger partial charge on any atom is -0.395 e. The molecule has 0 aliphatic carbocycles. The molecule has 0 bridgehead atoms. The predicted octanol–water partition coefficient (Wildman–Crippen LogP) is -0.0952. The molecule has 2 aliphatic heterocycles. The summed E-state index contributed by atoms with van der Waals surface area (Å²) in [6, 6.07) is 7.03. The molecule has 3 N–H and O–H groups in total. The van der Waals surface area contributed by atoms with Crippen molar-refractivity contribution in [2.45, 2.75) is 0 Å². The molecule has 0 spiro atoms. The Bertz CT molecular complexity index is 666. The molecule has 25 heavy (non-hydrogen) atoms. The van der Waals surface area contributed by atoms with Crippen LogP contribution in [0.15, 0.2) is 36.0 Å². The number of nitrogens with one attached hydrogen (secondary N) is 2. The zero-order chi connectivity index (χ0) is 17.6. The lowest BCUT2D eigenvalue weighted by molar-refractivity contribution is -0.112. The number of carbonyl (C=O) groups excluding carboxylic acids is 2. The summed E-state index contributed by atoms with van der Waals surface area (Å²) >= 11 is 0. The Morgan fingerprint density at radius 2 is 1.76 bits per heavy atom. The van der Waals surface area contributed by atoms with E-state index in [1.54, 1.807) is 24.3 Å². The number of nitrogens with zero attached hydrogens (tertiary/aromatic N) is 2. The van der Waals surface area contributed by atoms with E-state index in [4.69, 9.17) is 5.11 Å². The molecule has 7 nitrogen and oxygen atoms in total. The first-order valence-electron chi connectivity index (χ1n) is 8.63. The standard InChI is InChI=1S/C18H24N4O3/c23-12-11-22-9-7-21(8-10-22)6-5-19-13-15-17(24)14-3-1-2-4-16(14)20-18(15)25/h1-4,13,19,23H,5-12H2,(H,20,25)/b15-13-. The van der Waals surface area contributed by atoms with Crippen molar-refractivity contribution >= 4 is 17.4 Å². The van der Waals surface area contributed by atoms with Crippen LogP contribution >= 0.6 is 0 Å². The average Bonchev–Trinajstić information content (AvgIpc) is 2.62. The average molecular weight is 344 g/mol. The highest BCUT2D eigenvalue weighted by atomic mass is 16.3. The number of aliphatic hydroxyl groups is 1. The van der Waals surface area contributed by atoms with Crippen molar-refractivity contribution in [1.82, 2.24) is 15.1 Å². The van der Waals surface area contributed by atoms with Crippen LogP contribution in [0.1, 0.15) is 10.4 Å². The van der Waals surface area contributed by atoms with E-state index in [-0.39, 0.29) is 23.9 Å². The van der Waals surface area contributed by atoms with E-state index in [0.29, 0.717) is 17.8 Å². The molecule has 2 heterocycles. The third-order valence-electron chi connectivity index (χ3n) is 4.61. The molecule has 2 aliphatic rings. The van der Waals surface area contributed by atoms with E-state index in [0.717, 1.165) is 39.3 Å². The highest BCUT2D eigenvalue weighted by molar-refractivity contribution is 6.33. The number of fused-ring (bicyclic) bond motifs is 1. The van der Waals surface area contributed by atoms with E-state index in [1.807, 2.05) is 0 Å². The second-order valence-electron chi connectivity index (χ2n) is 6.25. The van der Waals surface area contributed by atoms with Gasteiger partial charge in [0.25, 0.3) is 5.91 Å². The molecule has 1 aromatic carbocycles. The van der Waals surface area contributed by atoms with Crippen LogP contribution in [0.25, 0.3) is 0 Å². The Balaban J connectivity index is 1.48. The second kappa shape index (κ2) is 8.24. The van der Waals surface area contributed by atoms with Crippen LogP contribution in [-0.4, -0.2) is 79.0 Å². The number of para-hydroxylation sites is 1. The van der Waals surface area contributed by atoms with Gasteiger partial charge in [-0.2, -0.15) is 0 Å². The van der Waals surface area contributed by atoms with E-state index in [9.17, 15) is 9.59 Å². The number of aliphatic hydroxyl groups excluding tert-OH is 1. The number of piperazine rings is 1. The van der Waals surface area contributed by atoms with Crippen LogP contribution in [0, 0.1) is 0 Å². The van der Waals surface area contributed by atoms with Gasteiger partial charge in [0.05, 0.1) is 12.3 Å². The van der Waals surface area contributed by atoms with Crippen LogP contribution in [0.2, 0.25) is 0 Å². The normalized spacial score (nSPS) is 20.4. The molecule has 1 aromatic rings. The van der Waals surface area contributed by atoms with Gasteiger partial charge in [0, 0.05) is 57.6 Å². The van der Waals surface area contributed by atoms with Gasteiger partial charge in [0.1, 0.15) is 5.57 Å². The number of ketones is 1. The van der Waals surface area contributed by atoms with E-state index < -0.39 is 0 Å². The maximum absolute atomic E-state index is 12.4. The van der Waals surface area contributed by atoms with Crippen molar-refractivity contribution in [2.75, 3.05) is 57.7 Å². The molecule has 3 rings (SSSR count). The topological polar surface area (TPSA) is 84.9 Å². The van der Waals surface area contributed by atoms with Gasteiger partial charge in [0.2, 0.25) is 5.78 Å². The number of β-amino-alcohol motifs (C(OH)–C–C–N with tert-alkyl or cyclic N) is 1. The number of hydrogen-bond acceptors (Lipinski definition) is 6. The van der Waals surface area contributed by atoms with E-state index >= 15 is 0 Å². The van der Waals surface area contributed by atoms with Crippen molar-refractivity contribution in [3.8, 4) is 0 Å². The minimum absolute atomic E-state index is 0.145. The number of anilines is 1. The number of amides is 1. The van der Waals surface area contributed by atoms with Gasteiger partial charge in [-0.1, -0.05) is 12.1 Å². The number of carbonyl (C=O) groups is 2. The van der Waals surface area contributed by atoms with Gasteiger partial charge in [-0.25, -0.2) is 0 Å². The maximum Gasteiger partial charge on any atom is 0.261 e. The Kier molecular flexibility index (Phi) is 5.80. The highest BCUT2D eigenvalue weighted by Gasteiger charge is 2.27. The molecule has 1 saturated heterocycles. The molecule has 0 saturated carbocycles. The predicted molar refractivity (Wildman–Crippen MR) is 95.5 cm³/mol. The molecular formula is C18H24N4O3. The van der Waals surface area contributed by atoms with Crippen molar-refractivity contribution < 1.29 is 14.7 Å². The third kappa shape index (κ3) is 4.25. The summed E-state index contributed by atoms with van der Waals surface area (Å²) in [5, 5.41) is 14.8. The first-order chi connectivity index (χ1) is 12.2. The molecule has 0 aromatic heterocycles. The second-order valence-corrected chi connectivity index (χ2v) is 6.25. The Hall–Kier alpha value is -2.22. The van der Waals surface area contributed by atoms with E-state index in [1.165, 1.54) is 6.20 Å². The molecule has 1 fully saturated rings. The highest BCUT2D eigenvalue weighted by Crippen LogP contribution is 2.24. The summed E-state index contributed by atoms with van der Waals surface area (Å²) in [7, 11) is 0. The first-order valence-corrected chi connectivity index (χ1v) is 8.63. The number of Topliss-reactive ketones (excluding diaryl/α,β-unsaturated/α-hetero) is 1. The fraction of sp³-hybridized carbons (Fsp3) is 0.444. The molecule has 0 radical (unpaired) electrons. The lowest BCUT2D eigenvalue weighted by atomic mass is 9.98. The summed E-state index contributed by atoms with van der Waals surface area (Å²) in [5.41, 5.74) is 1.23. The fourth-order valence-electron chi connectivity index (χ4n) is 3.13. The molecular weight excluding hydrogens is 320 g/mol. The van der Waals surface area contributed by atoms with Gasteiger partial charge in [-0.3, -0.25) is 19.4 Å². The van der Waals surface area contributed by atoms with Crippen LogP contribution in [0.5, 0.6) is 0 Å². The molecule has 0 unspecified atom stereocenters. The quantitative estimate of drug-likeness (QED) is 0.380. The van der Waals surface area contributed by atoms with Crippen molar-refractivity contribution in [3.63, 3.8) is 0 Å². The van der Waals surface area contributed by atoms with Crippen LogP contribution in [0.3, 0.4) is 0 Å². The van der Waals surface area contributed by atoms with Crippen molar-refractivity contribution in [3.05, 3.63) is 41.6 Å². The summed E-state index contributed by atoms with van der Waals surface area (Å²) in [5.74, 6) is -0.613. The number of benzene rings is 1. The summed E-state index contributed by atoms with van der Waals surface area (Å²) < 4.78 is 0. The zero-order valence-electron chi connectivity index (χ0n) is 14.2. The van der Waals surface area contributed by atoms with Crippen molar-refractivity contribution in [2.24, 2.45) is 0 Å². The molecule has 134 valence electrons. The SMILES string of the molecule is O=C1Nc2ccccc2C(=O)/C1=C/NCCN1CCN(CCO)CC1. The largest absolute Gasteiger partial charge is 0.395 e. The summed E-state index contributed by atoms with van der Waals surface area (Å²) in [6.45, 7) is 6.30. The minimum atomic E-state index is -0.367. The molecule has 0 atom stereocenters. The Morgan fingerprint density at radius 1 is 1.08 bits per heavy atom. The smallest absolute Gasteiger partial charge is 0.261 e. The van der Waals surface area contributed by atoms with Gasteiger partial charge in [0.15, 0.2) is 0 Å². The molecule has 1 amide bonds. The Morgan fingerprint density at radius 3 is 2.48 bits per heavy atom. The van der Waals surface area contributed by atoms with Gasteiger partial charge in [-0.05, 0) is 12.1 Å². The van der Waals surface area contributed by atoms with Crippen LogP contribution in [-0.2, 0) is 4.79 Å². The number of hydrogen-bond donors (Lipinski definition) is 3. The van der Waals surface area contributed by atoms with E-state index in [2.05, 4.69) is 20.4 Å². The van der Waals surface area contributed by atoms with Gasteiger partial charge >= 0.3 is 0 Å².